The number of nitrogens with zero attached hydrogens (tertiary/aromatic N) is 1. The second kappa shape index (κ2) is 5.16. The number of aryl methyl sites for hydroxylation is 2. The fourth-order valence-electron chi connectivity index (χ4n) is 0.634. The maximum atomic E-state index is 10.6. The summed E-state index contributed by atoms with van der Waals surface area (Å²) in [5.74, 6) is 0. The molecular formula is C5H8I2N2O. The van der Waals surface area contributed by atoms with Gasteiger partial charge in [0, 0.05) is 56.0 Å². The van der Waals surface area contributed by atoms with Gasteiger partial charge in [-0.2, -0.15) is 0 Å². The molecule has 0 atom stereocenters. The first-order chi connectivity index (χ1) is 4.70. The Morgan fingerprint density at radius 1 is 1.60 bits per heavy atom. The van der Waals surface area contributed by atoms with Crippen molar-refractivity contribution in [3.63, 3.8) is 0 Å². The fraction of sp³-hybridized carbons (Fsp3) is 0.400. The molecule has 1 N–H and O–H groups in total. The summed E-state index contributed by atoms with van der Waals surface area (Å²) in [6.45, 7) is 1.85. The van der Waals surface area contributed by atoms with Gasteiger partial charge < -0.3 is 5.10 Å². The molecule has 3 nitrogen and oxygen atoms in total. The summed E-state index contributed by atoms with van der Waals surface area (Å²) in [6, 6.07) is 1.56. The van der Waals surface area contributed by atoms with Crippen molar-refractivity contribution in [2.75, 3.05) is 0 Å². The maximum Gasteiger partial charge on any atom is 0.266 e. The van der Waals surface area contributed by atoms with E-state index < -0.39 is 0 Å². The van der Waals surface area contributed by atoms with E-state index in [0.29, 0.717) is 0 Å². The molecule has 0 aliphatic carbocycles. The van der Waals surface area contributed by atoms with Crippen molar-refractivity contribution in [1.82, 2.24) is 9.78 Å². The first kappa shape index (κ1) is 10.5. The molecule has 0 spiro atoms. The summed E-state index contributed by atoms with van der Waals surface area (Å²) in [6.07, 6.45) is 0. The zero-order valence-electron chi connectivity index (χ0n) is 5.69. The van der Waals surface area contributed by atoms with Gasteiger partial charge >= 0.3 is 0 Å². The van der Waals surface area contributed by atoms with E-state index in [-0.39, 0.29) is 5.56 Å². The lowest BCUT2D eigenvalue weighted by molar-refractivity contribution is 0.731. The summed E-state index contributed by atoms with van der Waals surface area (Å²) >= 11 is 4.24. The van der Waals surface area contributed by atoms with Gasteiger partial charge in [0.25, 0.3) is 5.56 Å². The minimum absolute atomic E-state index is 0.0162. The number of hydrogen-bond acceptors (Lipinski definition) is 1. The van der Waals surface area contributed by atoms with Crippen LogP contribution in [0.1, 0.15) is 5.69 Å². The average molecular weight is 366 g/mol. The topological polar surface area (TPSA) is 37.8 Å². The molecule has 58 valence electrons. The highest BCUT2D eigenvalue weighted by Gasteiger charge is 1.89. The average Bonchev–Trinajstić information content (AvgIpc) is 2.16. The molecule has 0 aromatic carbocycles. The Hall–Kier alpha value is 0.470. The Balaban J connectivity index is 0.000000371. The zero-order valence-corrected chi connectivity index (χ0v) is 10.0. The molecule has 0 bridgehead atoms. The van der Waals surface area contributed by atoms with E-state index in [0.717, 1.165) is 5.69 Å². The van der Waals surface area contributed by atoms with Crippen LogP contribution >= 0.6 is 37.2 Å². The van der Waals surface area contributed by atoms with Crippen molar-refractivity contribution in [2.45, 2.75) is 6.92 Å². The third kappa shape index (κ3) is 3.04. The predicted molar refractivity (Wildman–Crippen MR) is 58.8 cm³/mol. The molecule has 1 aromatic heterocycles. The molecule has 10 heavy (non-hydrogen) atoms. The van der Waals surface area contributed by atoms with Crippen molar-refractivity contribution < 1.29 is 0 Å². The summed E-state index contributed by atoms with van der Waals surface area (Å²) in [7, 11) is 1.69. The van der Waals surface area contributed by atoms with E-state index in [9.17, 15) is 4.79 Å². The molecule has 0 saturated carbocycles. The van der Waals surface area contributed by atoms with Crippen LogP contribution in [0.25, 0.3) is 0 Å². The van der Waals surface area contributed by atoms with E-state index in [1.807, 2.05) is 6.92 Å². The Bertz CT molecular complexity index is 240. The fourth-order valence-corrected chi connectivity index (χ4v) is 0.634. The highest BCUT2D eigenvalue weighted by atomic mass is 128. The number of aromatic amines is 1. The molecule has 0 saturated heterocycles. The standard InChI is InChI=1S/C5H8N2O.I2/c1-4-3-5(8)7(2)6-4;1-2/h3,6H,1-2H3;. The Labute approximate surface area is 82.5 Å². The van der Waals surface area contributed by atoms with Crippen molar-refractivity contribution in [3.8, 4) is 0 Å². The largest absolute Gasteiger partial charge is 0.300 e. The van der Waals surface area contributed by atoms with Gasteiger partial charge in [-0.15, -0.1) is 0 Å². The van der Waals surface area contributed by atoms with Crippen LogP contribution in [0.2, 0.25) is 0 Å². The van der Waals surface area contributed by atoms with Crippen LogP contribution < -0.4 is 5.56 Å². The second-order valence-corrected chi connectivity index (χ2v) is 1.84. The third-order valence-corrected chi connectivity index (χ3v) is 1.01. The summed E-state index contributed by atoms with van der Waals surface area (Å²) in [5.41, 5.74) is 0.917. The number of hydrogen-bond donors (Lipinski definition) is 1. The molecule has 0 unspecified atom stereocenters. The van der Waals surface area contributed by atoms with E-state index >= 15 is 0 Å². The number of rotatable bonds is 0. The Kier molecular flexibility index (Phi) is 5.41. The highest BCUT2D eigenvalue weighted by Crippen LogP contribution is 1.89. The van der Waals surface area contributed by atoms with Crippen molar-refractivity contribution in [1.29, 1.82) is 0 Å². The third-order valence-electron chi connectivity index (χ3n) is 1.01. The van der Waals surface area contributed by atoms with Crippen LogP contribution in [-0.4, -0.2) is 9.78 Å². The molecule has 0 radical (unpaired) electrons. The van der Waals surface area contributed by atoms with Gasteiger partial charge in [-0.3, -0.25) is 9.48 Å². The number of halogens is 2. The summed E-state index contributed by atoms with van der Waals surface area (Å²) < 4.78 is 1.44. The van der Waals surface area contributed by atoms with Crippen molar-refractivity contribution in [3.05, 3.63) is 22.1 Å². The molecule has 0 aliphatic heterocycles. The lowest BCUT2D eigenvalue weighted by Crippen LogP contribution is -2.09. The van der Waals surface area contributed by atoms with Crippen LogP contribution in [0, 0.1) is 6.92 Å². The van der Waals surface area contributed by atoms with Crippen LogP contribution in [0.15, 0.2) is 10.9 Å². The maximum absolute atomic E-state index is 10.6. The van der Waals surface area contributed by atoms with Crippen LogP contribution in [-0.2, 0) is 7.05 Å². The van der Waals surface area contributed by atoms with E-state index in [1.165, 1.54) is 4.68 Å². The van der Waals surface area contributed by atoms with Crippen molar-refractivity contribution in [2.24, 2.45) is 7.05 Å². The lowest BCUT2D eigenvalue weighted by atomic mass is 10.5. The van der Waals surface area contributed by atoms with Crippen LogP contribution in [0.4, 0.5) is 0 Å². The summed E-state index contributed by atoms with van der Waals surface area (Å²) in [4.78, 5) is 10.6. The molecule has 1 aromatic rings. The quantitative estimate of drug-likeness (QED) is 0.699. The lowest BCUT2D eigenvalue weighted by Gasteiger charge is -1.83. The van der Waals surface area contributed by atoms with Gasteiger partial charge in [-0.25, -0.2) is 0 Å². The number of H-pyrrole nitrogens is 1. The van der Waals surface area contributed by atoms with Gasteiger partial charge in [0.15, 0.2) is 0 Å². The Morgan fingerprint density at radius 3 is 2.20 bits per heavy atom. The Morgan fingerprint density at radius 2 is 2.10 bits per heavy atom. The molecule has 0 amide bonds. The SMILES string of the molecule is Cc1cc(=O)n(C)[nH]1.II. The van der Waals surface area contributed by atoms with Gasteiger partial charge in [0.1, 0.15) is 0 Å². The van der Waals surface area contributed by atoms with Crippen molar-refractivity contribution >= 4 is 37.2 Å². The van der Waals surface area contributed by atoms with Gasteiger partial charge in [-0.1, -0.05) is 0 Å². The molecule has 0 aliphatic rings. The van der Waals surface area contributed by atoms with Gasteiger partial charge in [-0.05, 0) is 6.92 Å². The monoisotopic (exact) mass is 366 g/mol. The van der Waals surface area contributed by atoms with Crippen LogP contribution in [0.5, 0.6) is 0 Å². The molecule has 5 heteroatoms. The smallest absolute Gasteiger partial charge is 0.266 e. The summed E-state index contributed by atoms with van der Waals surface area (Å²) in [5, 5.41) is 2.81. The minimum Gasteiger partial charge on any atom is -0.300 e. The van der Waals surface area contributed by atoms with E-state index in [2.05, 4.69) is 42.3 Å². The normalized spacial score (nSPS) is 8.40. The first-order valence-corrected chi connectivity index (χ1v) is 8.85. The van der Waals surface area contributed by atoms with E-state index in [4.69, 9.17) is 0 Å². The predicted octanol–water partition coefficient (Wildman–Crippen LogP) is 1.79. The zero-order chi connectivity index (χ0) is 8.15. The molecule has 0 fully saturated rings. The molecular weight excluding hydrogens is 358 g/mol. The molecule has 1 rings (SSSR count). The number of nitrogens with one attached hydrogen (secondary N) is 1. The van der Waals surface area contributed by atoms with E-state index in [1.54, 1.807) is 13.1 Å². The second-order valence-electron chi connectivity index (χ2n) is 1.84. The highest BCUT2D eigenvalue weighted by molar-refractivity contribution is 15.0. The molecule has 1 heterocycles. The number of aromatic nitrogens is 2. The first-order valence-electron chi connectivity index (χ1n) is 2.57. The van der Waals surface area contributed by atoms with Crippen LogP contribution in [0.3, 0.4) is 0 Å². The van der Waals surface area contributed by atoms with Gasteiger partial charge in [0.05, 0.1) is 0 Å². The minimum atomic E-state index is 0.0162. The van der Waals surface area contributed by atoms with Gasteiger partial charge in [0.2, 0.25) is 0 Å².